The fraction of sp³-hybridized carbons (Fsp3) is 0.435. The lowest BCUT2D eigenvalue weighted by atomic mass is 9.98. The number of aryl methyl sites for hydroxylation is 1. The van der Waals surface area contributed by atoms with E-state index in [2.05, 4.69) is 5.32 Å². The molecule has 2 aromatic carbocycles. The number of amides is 1. The highest BCUT2D eigenvalue weighted by molar-refractivity contribution is 7.89. The van der Waals surface area contributed by atoms with E-state index < -0.39 is 26.0 Å². The van der Waals surface area contributed by atoms with Gasteiger partial charge in [0.05, 0.1) is 29.9 Å². The molecule has 0 spiro atoms. The second-order valence-electron chi connectivity index (χ2n) is 8.47. The van der Waals surface area contributed by atoms with Gasteiger partial charge in [0.1, 0.15) is 0 Å². The number of nitrogens with one attached hydrogen (secondary N) is 1. The van der Waals surface area contributed by atoms with E-state index in [4.69, 9.17) is 9.47 Å². The van der Waals surface area contributed by atoms with Crippen molar-refractivity contribution >= 4 is 31.6 Å². The molecule has 1 saturated heterocycles. The molecule has 1 amide bonds. The van der Waals surface area contributed by atoms with Gasteiger partial charge in [-0.25, -0.2) is 21.1 Å². The summed E-state index contributed by atoms with van der Waals surface area (Å²) in [6.07, 6.45) is 1.02. The SMILES string of the molecule is COc1ccc(S(=O)(=O)N2CCC[C@H](C(=O)Nc3cc(S(=O)(=O)N(C)C)ccc3C)C2)cc1OC. The van der Waals surface area contributed by atoms with Crippen molar-refractivity contribution in [3.8, 4) is 11.5 Å². The summed E-state index contributed by atoms with van der Waals surface area (Å²) in [6, 6.07) is 8.90. The maximum Gasteiger partial charge on any atom is 0.243 e. The molecule has 10 nitrogen and oxygen atoms in total. The normalized spacial score (nSPS) is 17.3. The van der Waals surface area contributed by atoms with Crippen LogP contribution in [0.5, 0.6) is 11.5 Å². The molecule has 0 aliphatic carbocycles. The van der Waals surface area contributed by atoms with E-state index in [0.29, 0.717) is 35.6 Å². The molecular formula is C23H31N3O7S2. The number of carbonyl (C=O) groups excluding carboxylic acids is 1. The molecule has 12 heteroatoms. The topological polar surface area (TPSA) is 122 Å². The van der Waals surface area contributed by atoms with Crippen LogP contribution < -0.4 is 14.8 Å². The number of nitrogens with zero attached hydrogens (tertiary/aromatic N) is 2. The Morgan fingerprint density at radius 3 is 2.29 bits per heavy atom. The monoisotopic (exact) mass is 525 g/mol. The summed E-state index contributed by atoms with van der Waals surface area (Å²) in [5, 5.41) is 2.80. The summed E-state index contributed by atoms with van der Waals surface area (Å²) < 4.78 is 64.3. The van der Waals surface area contributed by atoms with E-state index in [-0.39, 0.29) is 28.8 Å². The molecule has 35 heavy (non-hydrogen) atoms. The third-order valence-electron chi connectivity index (χ3n) is 5.99. The number of rotatable bonds is 8. The van der Waals surface area contributed by atoms with Crippen molar-refractivity contribution in [2.24, 2.45) is 5.92 Å². The number of ether oxygens (including phenoxy) is 2. The van der Waals surface area contributed by atoms with Crippen molar-refractivity contribution < 1.29 is 31.1 Å². The zero-order chi connectivity index (χ0) is 26.0. The zero-order valence-electron chi connectivity index (χ0n) is 20.4. The van der Waals surface area contributed by atoms with Crippen LogP contribution in [-0.4, -0.2) is 72.8 Å². The highest BCUT2D eigenvalue weighted by Crippen LogP contribution is 2.32. The van der Waals surface area contributed by atoms with Gasteiger partial charge in [-0.1, -0.05) is 6.07 Å². The first-order valence-electron chi connectivity index (χ1n) is 11.0. The second-order valence-corrected chi connectivity index (χ2v) is 12.6. The first-order valence-corrected chi connectivity index (χ1v) is 13.9. The van der Waals surface area contributed by atoms with Crippen molar-refractivity contribution in [1.29, 1.82) is 0 Å². The number of methoxy groups -OCH3 is 2. The molecule has 0 bridgehead atoms. The summed E-state index contributed by atoms with van der Waals surface area (Å²) in [5.41, 5.74) is 1.07. The third-order valence-corrected chi connectivity index (χ3v) is 9.67. The van der Waals surface area contributed by atoms with Crippen LogP contribution in [0, 0.1) is 12.8 Å². The molecular weight excluding hydrogens is 494 g/mol. The average molecular weight is 526 g/mol. The van der Waals surface area contributed by atoms with Gasteiger partial charge in [0.25, 0.3) is 0 Å². The number of piperidine rings is 1. The number of sulfonamides is 2. The molecule has 1 aliphatic heterocycles. The van der Waals surface area contributed by atoms with Crippen molar-refractivity contribution in [1.82, 2.24) is 8.61 Å². The predicted molar refractivity (Wildman–Crippen MR) is 132 cm³/mol. The number of hydrogen-bond donors (Lipinski definition) is 1. The Balaban J connectivity index is 1.80. The van der Waals surface area contributed by atoms with Gasteiger partial charge in [-0.05, 0) is 49.6 Å². The summed E-state index contributed by atoms with van der Waals surface area (Å²) in [4.78, 5) is 13.2. The Morgan fingerprint density at radius 1 is 1.00 bits per heavy atom. The molecule has 1 N–H and O–H groups in total. The van der Waals surface area contributed by atoms with Gasteiger partial charge in [-0.2, -0.15) is 4.31 Å². The fourth-order valence-corrected chi connectivity index (χ4v) is 6.31. The van der Waals surface area contributed by atoms with Crippen molar-refractivity contribution in [2.45, 2.75) is 29.6 Å². The molecule has 0 saturated carbocycles. The lowest BCUT2D eigenvalue weighted by molar-refractivity contribution is -0.120. The highest BCUT2D eigenvalue weighted by atomic mass is 32.2. The van der Waals surface area contributed by atoms with Crippen LogP contribution in [0.3, 0.4) is 0 Å². The maximum atomic E-state index is 13.3. The van der Waals surface area contributed by atoms with E-state index in [1.54, 1.807) is 13.0 Å². The largest absolute Gasteiger partial charge is 0.493 e. The van der Waals surface area contributed by atoms with Crippen LogP contribution in [-0.2, 0) is 24.8 Å². The van der Waals surface area contributed by atoms with Gasteiger partial charge in [-0.15, -0.1) is 0 Å². The Labute approximate surface area is 206 Å². The Kier molecular flexibility index (Phi) is 8.10. The van der Waals surface area contributed by atoms with Crippen LogP contribution in [0.4, 0.5) is 5.69 Å². The van der Waals surface area contributed by atoms with E-state index >= 15 is 0 Å². The Bertz CT molecular complexity index is 1310. The first kappa shape index (κ1) is 26.9. The first-order chi connectivity index (χ1) is 16.4. The van der Waals surface area contributed by atoms with E-state index in [0.717, 1.165) is 4.31 Å². The second kappa shape index (κ2) is 10.5. The number of benzene rings is 2. The van der Waals surface area contributed by atoms with E-state index in [1.807, 2.05) is 0 Å². The summed E-state index contributed by atoms with van der Waals surface area (Å²) in [6.45, 7) is 2.06. The lowest BCUT2D eigenvalue weighted by Gasteiger charge is -2.31. The molecule has 3 rings (SSSR count). The molecule has 2 aromatic rings. The minimum Gasteiger partial charge on any atom is -0.493 e. The summed E-state index contributed by atoms with van der Waals surface area (Å²) >= 11 is 0. The van der Waals surface area contributed by atoms with Crippen molar-refractivity contribution in [3.63, 3.8) is 0 Å². The lowest BCUT2D eigenvalue weighted by Crippen LogP contribution is -2.43. The standard InChI is InChI=1S/C23H31N3O7S2/c1-16-8-9-18(34(28,29)25(2)3)13-20(16)24-23(27)17-7-6-12-26(15-17)35(30,31)19-10-11-21(32-4)22(14-19)33-5/h8-11,13-14,17H,6-7,12,15H2,1-5H3,(H,24,27)/t17-/m0/s1. The highest BCUT2D eigenvalue weighted by Gasteiger charge is 2.34. The van der Waals surface area contributed by atoms with Crippen LogP contribution in [0.25, 0.3) is 0 Å². The van der Waals surface area contributed by atoms with E-state index in [1.165, 1.54) is 63.0 Å². The van der Waals surface area contributed by atoms with Crippen LogP contribution in [0.2, 0.25) is 0 Å². The van der Waals surface area contributed by atoms with Crippen molar-refractivity contribution in [3.05, 3.63) is 42.0 Å². The molecule has 0 aromatic heterocycles. The summed E-state index contributed by atoms with van der Waals surface area (Å²) in [5.74, 6) is -0.244. The third kappa shape index (κ3) is 5.61. The number of anilines is 1. The smallest absolute Gasteiger partial charge is 0.243 e. The number of hydrogen-bond acceptors (Lipinski definition) is 7. The maximum absolute atomic E-state index is 13.3. The molecule has 1 heterocycles. The summed E-state index contributed by atoms with van der Waals surface area (Å²) in [7, 11) is -1.78. The van der Waals surface area contributed by atoms with E-state index in [9.17, 15) is 21.6 Å². The Morgan fingerprint density at radius 2 is 1.66 bits per heavy atom. The van der Waals surface area contributed by atoms with Crippen LogP contribution in [0.15, 0.2) is 46.2 Å². The fourth-order valence-electron chi connectivity index (χ4n) is 3.84. The van der Waals surface area contributed by atoms with Gasteiger partial charge in [-0.3, -0.25) is 4.79 Å². The zero-order valence-corrected chi connectivity index (χ0v) is 22.1. The van der Waals surface area contributed by atoms with Crippen molar-refractivity contribution in [2.75, 3.05) is 46.7 Å². The molecule has 1 aliphatic rings. The molecule has 0 radical (unpaired) electrons. The molecule has 192 valence electrons. The van der Waals surface area contributed by atoms with Gasteiger partial charge in [0.2, 0.25) is 26.0 Å². The number of carbonyl (C=O) groups is 1. The minimum atomic E-state index is -3.87. The predicted octanol–water partition coefficient (Wildman–Crippen LogP) is 2.30. The average Bonchev–Trinajstić information content (AvgIpc) is 2.84. The molecule has 1 fully saturated rings. The Hall–Kier alpha value is -2.67. The van der Waals surface area contributed by atoms with Gasteiger partial charge in [0.15, 0.2) is 11.5 Å². The minimum absolute atomic E-state index is 0.0112. The van der Waals surface area contributed by atoms with Gasteiger partial charge < -0.3 is 14.8 Å². The van der Waals surface area contributed by atoms with Crippen LogP contribution in [0.1, 0.15) is 18.4 Å². The van der Waals surface area contributed by atoms with Crippen LogP contribution >= 0.6 is 0 Å². The quantitative estimate of drug-likeness (QED) is 0.561. The molecule has 0 unspecified atom stereocenters. The van der Waals surface area contributed by atoms with Gasteiger partial charge in [0, 0.05) is 38.9 Å². The molecule has 1 atom stereocenters. The van der Waals surface area contributed by atoms with Gasteiger partial charge >= 0.3 is 0 Å².